The van der Waals surface area contributed by atoms with Gasteiger partial charge in [0.1, 0.15) is 11.3 Å². The molecular weight excluding hydrogens is 362 g/mol. The number of ether oxygens (including phenoxy) is 1. The van der Waals surface area contributed by atoms with Crippen LogP contribution in [0.3, 0.4) is 0 Å². The van der Waals surface area contributed by atoms with Crippen LogP contribution < -0.4 is 4.74 Å². The Kier molecular flexibility index (Phi) is 3.73. The van der Waals surface area contributed by atoms with Gasteiger partial charge in [-0.1, -0.05) is 35.5 Å². The van der Waals surface area contributed by atoms with Crippen LogP contribution in [0.5, 0.6) is 5.75 Å². The van der Waals surface area contributed by atoms with Crippen LogP contribution in [0.2, 0.25) is 0 Å². The summed E-state index contributed by atoms with van der Waals surface area (Å²) in [7, 11) is 0. The number of rotatable bonds is 5. The molecule has 1 unspecified atom stereocenters. The predicted molar refractivity (Wildman–Crippen MR) is 115 cm³/mol. The van der Waals surface area contributed by atoms with Gasteiger partial charge in [0.2, 0.25) is 0 Å². The molecule has 29 heavy (non-hydrogen) atoms. The summed E-state index contributed by atoms with van der Waals surface area (Å²) in [5, 5.41) is 18.7. The molecule has 0 aliphatic carbocycles. The fraction of sp³-hybridized carbons (Fsp3) is 0.250. The molecule has 0 fully saturated rings. The molecule has 5 nitrogen and oxygen atoms in total. The van der Waals surface area contributed by atoms with Gasteiger partial charge in [0.25, 0.3) is 0 Å². The normalized spacial score (nSPS) is 16.4. The van der Waals surface area contributed by atoms with Crippen LogP contribution in [0.25, 0.3) is 27.8 Å². The van der Waals surface area contributed by atoms with Crippen molar-refractivity contribution in [3.63, 3.8) is 0 Å². The van der Waals surface area contributed by atoms with Crippen molar-refractivity contribution in [2.24, 2.45) is 0 Å². The van der Waals surface area contributed by atoms with E-state index < -0.39 is 18.5 Å². The molecule has 0 saturated carbocycles. The maximum absolute atomic E-state index is 10.2. The van der Waals surface area contributed by atoms with E-state index in [9.17, 15) is 5.11 Å². The second kappa shape index (κ2) is 7.33. The standard InChI is InChI=1S/C24H25N3O2/c1-16(2)29-21-12-10-20(11-13-21)27-23-15-18(7-14-22(23)25-26-27)17-5-8-19(9-6-17)24(3,4)28/h5-16,28H,1-4H3/i1D3,16D. The third-order valence-electron chi connectivity index (χ3n) is 4.72. The van der Waals surface area contributed by atoms with Crippen LogP contribution in [0.1, 0.15) is 38.7 Å². The Morgan fingerprint density at radius 2 is 1.72 bits per heavy atom. The lowest BCUT2D eigenvalue weighted by molar-refractivity contribution is 0.0786. The Bertz CT molecular complexity index is 1270. The van der Waals surface area contributed by atoms with E-state index in [-0.39, 0.29) is 5.75 Å². The number of fused-ring (bicyclic) bond motifs is 1. The molecule has 0 aliphatic rings. The first-order valence-corrected chi connectivity index (χ1v) is 9.33. The van der Waals surface area contributed by atoms with E-state index in [0.717, 1.165) is 33.4 Å². The predicted octanol–water partition coefficient (Wildman–Crippen LogP) is 5.10. The van der Waals surface area contributed by atoms with E-state index in [4.69, 9.17) is 10.2 Å². The van der Waals surface area contributed by atoms with Gasteiger partial charge in [0.05, 0.1) is 24.3 Å². The van der Waals surface area contributed by atoms with Crippen molar-refractivity contribution in [3.05, 3.63) is 72.3 Å². The van der Waals surface area contributed by atoms with E-state index in [2.05, 4.69) is 10.3 Å². The summed E-state index contributed by atoms with van der Waals surface area (Å²) in [6, 6.07) is 20.3. The maximum Gasteiger partial charge on any atom is 0.119 e. The number of nitrogens with zero attached hydrogens (tertiary/aromatic N) is 3. The molecule has 0 bridgehead atoms. The van der Waals surface area contributed by atoms with E-state index >= 15 is 0 Å². The number of hydrogen-bond donors (Lipinski definition) is 1. The second-order valence-corrected chi connectivity index (χ2v) is 7.49. The highest BCUT2D eigenvalue weighted by Gasteiger charge is 2.15. The van der Waals surface area contributed by atoms with Crippen molar-refractivity contribution in [2.45, 2.75) is 39.3 Å². The highest BCUT2D eigenvalue weighted by Crippen LogP contribution is 2.28. The van der Waals surface area contributed by atoms with E-state index in [1.165, 1.54) is 6.92 Å². The Morgan fingerprint density at radius 3 is 2.38 bits per heavy atom. The summed E-state index contributed by atoms with van der Waals surface area (Å²) in [4.78, 5) is 0. The SMILES string of the molecule is [2H]C([2H])([2H])C([2H])(C)Oc1ccc(-n2nnc3ccc(-c4ccc(C(C)(C)O)cc4)cc32)cc1. The molecule has 5 heteroatoms. The van der Waals surface area contributed by atoms with Gasteiger partial charge < -0.3 is 9.84 Å². The lowest BCUT2D eigenvalue weighted by Crippen LogP contribution is -2.14. The third kappa shape index (κ3) is 4.00. The quantitative estimate of drug-likeness (QED) is 0.514. The zero-order valence-corrected chi connectivity index (χ0v) is 16.5. The summed E-state index contributed by atoms with van der Waals surface area (Å²) in [5.41, 5.74) is 4.18. The molecule has 4 aromatic rings. The topological polar surface area (TPSA) is 60.2 Å². The van der Waals surface area contributed by atoms with Gasteiger partial charge >= 0.3 is 0 Å². The molecule has 1 N–H and O–H groups in total. The Labute approximate surface area is 176 Å². The van der Waals surface area contributed by atoms with E-state index in [1.807, 2.05) is 42.5 Å². The highest BCUT2D eigenvalue weighted by atomic mass is 16.5. The first-order valence-electron chi connectivity index (χ1n) is 11.3. The molecule has 0 amide bonds. The minimum absolute atomic E-state index is 0.282. The van der Waals surface area contributed by atoms with Crippen molar-refractivity contribution < 1.29 is 15.3 Å². The molecule has 1 aromatic heterocycles. The molecule has 0 spiro atoms. The molecule has 0 aliphatic heterocycles. The summed E-state index contributed by atoms with van der Waals surface area (Å²) in [5.74, 6) is 0.282. The molecule has 1 atom stereocenters. The van der Waals surface area contributed by atoms with Crippen molar-refractivity contribution >= 4 is 11.0 Å². The van der Waals surface area contributed by atoms with Crippen LogP contribution in [0, 0.1) is 0 Å². The fourth-order valence-electron chi connectivity index (χ4n) is 3.19. The van der Waals surface area contributed by atoms with Gasteiger partial charge in [-0.05, 0) is 80.7 Å². The lowest BCUT2D eigenvalue weighted by Gasteiger charge is -2.18. The number of aromatic nitrogens is 3. The monoisotopic (exact) mass is 391 g/mol. The van der Waals surface area contributed by atoms with Crippen molar-refractivity contribution in [1.29, 1.82) is 0 Å². The van der Waals surface area contributed by atoms with E-state index in [0.29, 0.717) is 0 Å². The minimum Gasteiger partial charge on any atom is -0.491 e. The Hall–Kier alpha value is -3.18. The fourth-order valence-corrected chi connectivity index (χ4v) is 3.19. The zero-order chi connectivity index (χ0) is 24.0. The van der Waals surface area contributed by atoms with Gasteiger partial charge in [0, 0.05) is 4.11 Å². The molecule has 0 radical (unpaired) electrons. The summed E-state index contributed by atoms with van der Waals surface area (Å²) >= 11 is 0. The highest BCUT2D eigenvalue weighted by molar-refractivity contribution is 5.82. The first-order chi connectivity index (χ1) is 15.3. The Balaban J connectivity index is 1.64. The Morgan fingerprint density at radius 1 is 1.03 bits per heavy atom. The van der Waals surface area contributed by atoms with Crippen LogP contribution in [0.15, 0.2) is 66.7 Å². The second-order valence-electron chi connectivity index (χ2n) is 7.49. The zero-order valence-electron chi connectivity index (χ0n) is 20.5. The molecule has 148 valence electrons. The van der Waals surface area contributed by atoms with Gasteiger partial charge in [-0.3, -0.25) is 0 Å². The molecule has 3 aromatic carbocycles. The van der Waals surface area contributed by atoms with Gasteiger partial charge in [-0.2, -0.15) is 0 Å². The van der Waals surface area contributed by atoms with Crippen LogP contribution in [-0.4, -0.2) is 26.2 Å². The van der Waals surface area contributed by atoms with Gasteiger partial charge in [0.15, 0.2) is 0 Å². The molecule has 4 rings (SSSR count). The van der Waals surface area contributed by atoms with Gasteiger partial charge in [-0.25, -0.2) is 4.68 Å². The molecular formula is C24H25N3O2. The van der Waals surface area contributed by atoms with Gasteiger partial charge in [-0.15, -0.1) is 5.10 Å². The number of hydrogen-bond acceptors (Lipinski definition) is 4. The van der Waals surface area contributed by atoms with Crippen molar-refractivity contribution in [2.75, 3.05) is 0 Å². The van der Waals surface area contributed by atoms with Crippen LogP contribution in [-0.2, 0) is 5.60 Å². The average molecular weight is 392 g/mol. The number of aliphatic hydroxyl groups is 1. The first kappa shape index (κ1) is 14.8. The smallest absolute Gasteiger partial charge is 0.119 e. The van der Waals surface area contributed by atoms with Crippen molar-refractivity contribution in [3.8, 4) is 22.6 Å². The molecule has 1 heterocycles. The third-order valence-corrected chi connectivity index (χ3v) is 4.72. The number of benzene rings is 3. The minimum atomic E-state index is -2.57. The lowest BCUT2D eigenvalue weighted by atomic mass is 9.95. The summed E-state index contributed by atoms with van der Waals surface area (Å²) in [6.45, 7) is 2.15. The maximum atomic E-state index is 10.2. The largest absolute Gasteiger partial charge is 0.491 e. The summed E-state index contributed by atoms with van der Waals surface area (Å²) < 4.78 is 37.4. The van der Waals surface area contributed by atoms with Crippen molar-refractivity contribution in [1.82, 2.24) is 15.0 Å². The van der Waals surface area contributed by atoms with E-state index in [1.54, 1.807) is 42.8 Å². The summed E-state index contributed by atoms with van der Waals surface area (Å²) in [6.07, 6.45) is -2.05. The van der Waals surface area contributed by atoms with Crippen LogP contribution >= 0.6 is 0 Å². The average Bonchev–Trinajstić information content (AvgIpc) is 3.16. The van der Waals surface area contributed by atoms with Crippen LogP contribution in [0.4, 0.5) is 0 Å². The molecule has 0 saturated heterocycles.